The summed E-state index contributed by atoms with van der Waals surface area (Å²) in [5.41, 5.74) is 4.97. The van der Waals surface area contributed by atoms with E-state index in [1.165, 1.54) is 51.7 Å². The van der Waals surface area contributed by atoms with Crippen LogP contribution in [0.25, 0.3) is 0 Å². The number of rotatable bonds is 8. The Kier molecular flexibility index (Phi) is 8.15. The van der Waals surface area contributed by atoms with Gasteiger partial charge in [0.1, 0.15) is 0 Å². The predicted molar refractivity (Wildman–Crippen MR) is 84.7 cm³/mol. The average molecular weight is 283 g/mol. The molecular formula is C16H33N3O. The fourth-order valence-corrected chi connectivity index (χ4v) is 3.04. The van der Waals surface area contributed by atoms with Crippen LogP contribution in [0.2, 0.25) is 0 Å². The van der Waals surface area contributed by atoms with Crippen LogP contribution in [0.1, 0.15) is 65.2 Å². The first-order valence-electron chi connectivity index (χ1n) is 8.36. The SMILES string of the molecule is CCNC(C)(CCCCN1CCCCCCC1)C(N)=O. The molecule has 1 fully saturated rings. The maximum atomic E-state index is 11.5. The largest absolute Gasteiger partial charge is 0.368 e. The van der Waals surface area contributed by atoms with Gasteiger partial charge in [-0.25, -0.2) is 0 Å². The monoisotopic (exact) mass is 283 g/mol. The Morgan fingerprint density at radius 1 is 1.15 bits per heavy atom. The van der Waals surface area contributed by atoms with Crippen LogP contribution in [0.4, 0.5) is 0 Å². The van der Waals surface area contributed by atoms with Gasteiger partial charge in [-0.3, -0.25) is 4.79 Å². The predicted octanol–water partition coefficient (Wildman–Crippen LogP) is 2.28. The van der Waals surface area contributed by atoms with Crippen molar-refractivity contribution in [1.82, 2.24) is 10.2 Å². The Bertz CT molecular complexity index is 275. The summed E-state index contributed by atoms with van der Waals surface area (Å²) in [4.78, 5) is 14.1. The number of likely N-dealkylation sites (N-methyl/N-ethyl adjacent to an activating group) is 1. The summed E-state index contributed by atoms with van der Waals surface area (Å²) in [6, 6.07) is 0. The number of likely N-dealkylation sites (tertiary alicyclic amines) is 1. The molecule has 3 N–H and O–H groups in total. The number of nitrogens with one attached hydrogen (secondary N) is 1. The lowest BCUT2D eigenvalue weighted by Gasteiger charge is -2.28. The van der Waals surface area contributed by atoms with Crippen LogP contribution in [0.15, 0.2) is 0 Å². The minimum Gasteiger partial charge on any atom is -0.368 e. The molecule has 4 nitrogen and oxygen atoms in total. The van der Waals surface area contributed by atoms with Crippen molar-refractivity contribution in [1.29, 1.82) is 0 Å². The van der Waals surface area contributed by atoms with Crippen molar-refractivity contribution in [3.8, 4) is 0 Å². The lowest BCUT2D eigenvalue weighted by atomic mass is 9.94. The van der Waals surface area contributed by atoms with Crippen molar-refractivity contribution in [2.45, 2.75) is 70.8 Å². The number of carbonyl (C=O) groups excluding carboxylic acids is 1. The molecule has 0 spiro atoms. The number of carbonyl (C=O) groups is 1. The molecule has 1 amide bonds. The second-order valence-electron chi connectivity index (χ2n) is 6.29. The van der Waals surface area contributed by atoms with Gasteiger partial charge < -0.3 is 16.0 Å². The second-order valence-corrected chi connectivity index (χ2v) is 6.29. The number of unbranched alkanes of at least 4 members (excludes halogenated alkanes) is 1. The second kappa shape index (κ2) is 9.35. The molecule has 0 aromatic heterocycles. The maximum Gasteiger partial charge on any atom is 0.237 e. The first-order valence-corrected chi connectivity index (χ1v) is 8.36. The van der Waals surface area contributed by atoms with Gasteiger partial charge in [0.2, 0.25) is 5.91 Å². The fourth-order valence-electron chi connectivity index (χ4n) is 3.04. The maximum absolute atomic E-state index is 11.5. The van der Waals surface area contributed by atoms with E-state index in [1.54, 1.807) is 0 Å². The molecule has 0 radical (unpaired) electrons. The van der Waals surface area contributed by atoms with E-state index in [9.17, 15) is 4.79 Å². The first kappa shape index (κ1) is 17.4. The van der Waals surface area contributed by atoms with Crippen molar-refractivity contribution >= 4 is 5.91 Å². The van der Waals surface area contributed by atoms with Crippen LogP contribution in [-0.4, -0.2) is 42.5 Å². The summed E-state index contributed by atoms with van der Waals surface area (Å²) in [7, 11) is 0. The molecule has 1 aliphatic heterocycles. The van der Waals surface area contributed by atoms with Gasteiger partial charge in [-0.15, -0.1) is 0 Å². The van der Waals surface area contributed by atoms with Crippen molar-refractivity contribution in [2.75, 3.05) is 26.2 Å². The highest BCUT2D eigenvalue weighted by Crippen LogP contribution is 2.15. The topological polar surface area (TPSA) is 58.4 Å². The lowest BCUT2D eigenvalue weighted by molar-refractivity contribution is -0.124. The van der Waals surface area contributed by atoms with Crippen molar-refractivity contribution in [2.24, 2.45) is 5.73 Å². The van der Waals surface area contributed by atoms with Crippen molar-refractivity contribution < 1.29 is 4.79 Å². The Balaban J connectivity index is 2.23. The third-order valence-electron chi connectivity index (χ3n) is 4.46. The highest BCUT2D eigenvalue weighted by atomic mass is 16.1. The summed E-state index contributed by atoms with van der Waals surface area (Å²) in [5.74, 6) is -0.231. The molecular weight excluding hydrogens is 250 g/mol. The molecule has 20 heavy (non-hydrogen) atoms. The Labute approximate surface area is 124 Å². The number of hydrogen-bond acceptors (Lipinski definition) is 3. The minimum absolute atomic E-state index is 0.231. The summed E-state index contributed by atoms with van der Waals surface area (Å²) in [6.45, 7) is 8.39. The first-order chi connectivity index (χ1) is 9.58. The van der Waals surface area contributed by atoms with E-state index in [4.69, 9.17) is 5.73 Å². The fraction of sp³-hybridized carbons (Fsp3) is 0.938. The quantitative estimate of drug-likeness (QED) is 0.672. The molecule has 4 heteroatoms. The molecule has 1 unspecified atom stereocenters. The van der Waals surface area contributed by atoms with Crippen LogP contribution in [-0.2, 0) is 4.79 Å². The molecule has 0 bridgehead atoms. The zero-order chi connectivity index (χ0) is 14.8. The van der Waals surface area contributed by atoms with Crippen LogP contribution >= 0.6 is 0 Å². The standard InChI is InChI=1S/C16H33N3O/c1-3-18-16(2,15(17)20)11-7-10-14-19-12-8-5-4-6-9-13-19/h18H,3-14H2,1-2H3,(H2,17,20). The number of nitrogens with two attached hydrogens (primary N) is 1. The summed E-state index contributed by atoms with van der Waals surface area (Å²) in [6.07, 6.45) is 9.93. The van der Waals surface area contributed by atoms with Crippen LogP contribution in [0.5, 0.6) is 0 Å². The molecule has 0 saturated carbocycles. The normalized spacial score (nSPS) is 20.9. The average Bonchev–Trinajstić information content (AvgIpc) is 2.36. The molecule has 0 aromatic carbocycles. The zero-order valence-electron chi connectivity index (χ0n) is 13.4. The summed E-state index contributed by atoms with van der Waals surface area (Å²) in [5, 5.41) is 3.23. The van der Waals surface area contributed by atoms with E-state index in [1.807, 2.05) is 13.8 Å². The van der Waals surface area contributed by atoms with Gasteiger partial charge in [0, 0.05) is 0 Å². The molecule has 1 aliphatic rings. The van der Waals surface area contributed by atoms with Gasteiger partial charge in [0.25, 0.3) is 0 Å². The Morgan fingerprint density at radius 2 is 1.75 bits per heavy atom. The Hall–Kier alpha value is -0.610. The van der Waals surface area contributed by atoms with Crippen LogP contribution in [0.3, 0.4) is 0 Å². The number of amides is 1. The van der Waals surface area contributed by atoms with Gasteiger partial charge in [-0.1, -0.05) is 26.2 Å². The summed E-state index contributed by atoms with van der Waals surface area (Å²) >= 11 is 0. The van der Waals surface area contributed by atoms with E-state index in [2.05, 4.69) is 10.2 Å². The third-order valence-corrected chi connectivity index (χ3v) is 4.46. The lowest BCUT2D eigenvalue weighted by Crippen LogP contribution is -2.53. The number of hydrogen-bond donors (Lipinski definition) is 2. The number of primary amides is 1. The smallest absolute Gasteiger partial charge is 0.237 e. The molecule has 1 saturated heterocycles. The minimum atomic E-state index is -0.537. The molecule has 0 aromatic rings. The zero-order valence-corrected chi connectivity index (χ0v) is 13.4. The van der Waals surface area contributed by atoms with E-state index in [0.29, 0.717) is 0 Å². The number of nitrogens with zero attached hydrogens (tertiary/aromatic N) is 1. The van der Waals surface area contributed by atoms with Crippen molar-refractivity contribution in [3.63, 3.8) is 0 Å². The Morgan fingerprint density at radius 3 is 2.30 bits per heavy atom. The molecule has 1 atom stereocenters. The van der Waals surface area contributed by atoms with Gasteiger partial charge in [-0.05, 0) is 65.2 Å². The van der Waals surface area contributed by atoms with Gasteiger partial charge in [0.05, 0.1) is 5.54 Å². The van der Waals surface area contributed by atoms with E-state index >= 15 is 0 Å². The van der Waals surface area contributed by atoms with Gasteiger partial charge in [0.15, 0.2) is 0 Å². The van der Waals surface area contributed by atoms with Crippen LogP contribution < -0.4 is 11.1 Å². The van der Waals surface area contributed by atoms with E-state index < -0.39 is 5.54 Å². The van der Waals surface area contributed by atoms with Gasteiger partial charge in [-0.2, -0.15) is 0 Å². The van der Waals surface area contributed by atoms with Crippen molar-refractivity contribution in [3.05, 3.63) is 0 Å². The highest BCUT2D eigenvalue weighted by Gasteiger charge is 2.28. The molecule has 118 valence electrons. The molecule has 1 rings (SSSR count). The van der Waals surface area contributed by atoms with E-state index in [0.717, 1.165) is 25.8 Å². The molecule has 0 aliphatic carbocycles. The summed E-state index contributed by atoms with van der Waals surface area (Å²) < 4.78 is 0. The van der Waals surface area contributed by atoms with E-state index in [-0.39, 0.29) is 5.91 Å². The highest BCUT2D eigenvalue weighted by molar-refractivity contribution is 5.84. The third kappa shape index (κ3) is 6.23. The van der Waals surface area contributed by atoms with Gasteiger partial charge >= 0.3 is 0 Å². The molecule has 1 heterocycles. The van der Waals surface area contributed by atoms with Crippen LogP contribution in [0, 0.1) is 0 Å².